The van der Waals surface area contributed by atoms with Gasteiger partial charge in [0.2, 0.25) is 0 Å². The molecule has 1 N–H and O–H groups in total. The molecule has 0 aliphatic heterocycles. The Labute approximate surface area is 118 Å². The van der Waals surface area contributed by atoms with Crippen LogP contribution in [0.25, 0.3) is 10.9 Å². The van der Waals surface area contributed by atoms with Gasteiger partial charge in [-0.25, -0.2) is 0 Å². The minimum atomic E-state index is 0.720. The second-order valence-corrected chi connectivity index (χ2v) is 4.54. The van der Waals surface area contributed by atoms with Crippen LogP contribution in [0.4, 0.5) is 5.69 Å². The second kappa shape index (κ2) is 5.61. The van der Waals surface area contributed by atoms with Crippen molar-refractivity contribution in [1.82, 2.24) is 4.98 Å². The summed E-state index contributed by atoms with van der Waals surface area (Å²) in [7, 11) is 1.70. The molecule has 0 bridgehead atoms. The zero-order chi connectivity index (χ0) is 13.8. The van der Waals surface area contributed by atoms with Gasteiger partial charge in [0.05, 0.1) is 12.6 Å². The van der Waals surface area contributed by atoms with Crippen LogP contribution in [0.5, 0.6) is 5.75 Å². The molecule has 0 aliphatic rings. The third-order valence-corrected chi connectivity index (χ3v) is 3.31. The summed E-state index contributed by atoms with van der Waals surface area (Å²) in [6.45, 7) is 0.720. The summed E-state index contributed by atoms with van der Waals surface area (Å²) in [5.74, 6) is 0.901. The zero-order valence-electron chi connectivity index (χ0n) is 11.3. The third-order valence-electron chi connectivity index (χ3n) is 3.31. The Kier molecular flexibility index (Phi) is 3.50. The number of pyridine rings is 1. The van der Waals surface area contributed by atoms with E-state index < -0.39 is 0 Å². The van der Waals surface area contributed by atoms with E-state index in [1.807, 2.05) is 42.6 Å². The highest BCUT2D eigenvalue weighted by Gasteiger charge is 2.04. The monoisotopic (exact) mass is 264 g/mol. The van der Waals surface area contributed by atoms with Crippen molar-refractivity contribution in [2.75, 3.05) is 12.4 Å². The van der Waals surface area contributed by atoms with Gasteiger partial charge in [-0.3, -0.25) is 4.98 Å². The third kappa shape index (κ3) is 2.43. The van der Waals surface area contributed by atoms with Crippen molar-refractivity contribution in [3.63, 3.8) is 0 Å². The molecule has 0 amide bonds. The van der Waals surface area contributed by atoms with Gasteiger partial charge in [0.15, 0.2) is 0 Å². The number of nitrogens with one attached hydrogen (secondary N) is 1. The number of anilines is 1. The number of benzene rings is 2. The summed E-state index contributed by atoms with van der Waals surface area (Å²) < 4.78 is 5.37. The standard InChI is InChI=1S/C17H16N2O/c1-20-17-10-3-2-6-13(17)12-19-16-9-4-8-15-14(16)7-5-11-18-15/h2-11,19H,12H2,1H3. The first-order chi connectivity index (χ1) is 9.88. The fraction of sp³-hybridized carbons (Fsp3) is 0.118. The number of nitrogens with zero attached hydrogens (tertiary/aromatic N) is 1. The Morgan fingerprint density at radius 2 is 1.90 bits per heavy atom. The summed E-state index contributed by atoms with van der Waals surface area (Å²) >= 11 is 0. The predicted octanol–water partition coefficient (Wildman–Crippen LogP) is 3.86. The molecule has 0 saturated carbocycles. The van der Waals surface area contributed by atoms with E-state index in [0.717, 1.165) is 34.4 Å². The van der Waals surface area contributed by atoms with Crippen LogP contribution in [0.15, 0.2) is 60.8 Å². The van der Waals surface area contributed by atoms with E-state index in [2.05, 4.69) is 28.5 Å². The van der Waals surface area contributed by atoms with Crippen LogP contribution in [-0.2, 0) is 6.54 Å². The zero-order valence-corrected chi connectivity index (χ0v) is 11.3. The smallest absolute Gasteiger partial charge is 0.123 e. The highest BCUT2D eigenvalue weighted by molar-refractivity contribution is 5.91. The molecule has 3 nitrogen and oxygen atoms in total. The maximum Gasteiger partial charge on any atom is 0.123 e. The molecule has 0 spiro atoms. The molecule has 100 valence electrons. The van der Waals surface area contributed by atoms with Crippen molar-refractivity contribution < 1.29 is 4.74 Å². The molecular weight excluding hydrogens is 248 g/mol. The second-order valence-electron chi connectivity index (χ2n) is 4.54. The van der Waals surface area contributed by atoms with Gasteiger partial charge in [-0.05, 0) is 30.3 Å². The van der Waals surface area contributed by atoms with Crippen LogP contribution in [0.3, 0.4) is 0 Å². The summed E-state index contributed by atoms with van der Waals surface area (Å²) in [5, 5.41) is 4.59. The number of fused-ring (bicyclic) bond motifs is 1. The largest absolute Gasteiger partial charge is 0.496 e. The topological polar surface area (TPSA) is 34.1 Å². The van der Waals surface area contributed by atoms with E-state index in [0.29, 0.717) is 0 Å². The lowest BCUT2D eigenvalue weighted by Gasteiger charge is -2.12. The Bertz CT molecular complexity index is 720. The first-order valence-corrected chi connectivity index (χ1v) is 6.58. The fourth-order valence-corrected chi connectivity index (χ4v) is 2.30. The number of hydrogen-bond donors (Lipinski definition) is 1. The minimum Gasteiger partial charge on any atom is -0.496 e. The number of para-hydroxylation sites is 1. The van der Waals surface area contributed by atoms with E-state index in [1.54, 1.807) is 7.11 Å². The first kappa shape index (κ1) is 12.5. The van der Waals surface area contributed by atoms with Crippen LogP contribution in [0.1, 0.15) is 5.56 Å². The highest BCUT2D eigenvalue weighted by atomic mass is 16.5. The van der Waals surface area contributed by atoms with Crippen molar-refractivity contribution in [3.05, 3.63) is 66.4 Å². The van der Waals surface area contributed by atoms with Crippen LogP contribution in [-0.4, -0.2) is 12.1 Å². The van der Waals surface area contributed by atoms with Gasteiger partial charge >= 0.3 is 0 Å². The van der Waals surface area contributed by atoms with Gasteiger partial charge in [-0.2, -0.15) is 0 Å². The minimum absolute atomic E-state index is 0.720. The van der Waals surface area contributed by atoms with Gasteiger partial charge in [0.25, 0.3) is 0 Å². The summed E-state index contributed by atoms with van der Waals surface area (Å²) in [5.41, 5.74) is 3.22. The number of hydrogen-bond acceptors (Lipinski definition) is 3. The van der Waals surface area contributed by atoms with Gasteiger partial charge in [0.1, 0.15) is 5.75 Å². The van der Waals surface area contributed by atoms with Gasteiger partial charge in [-0.1, -0.05) is 24.3 Å². The van der Waals surface area contributed by atoms with E-state index in [-0.39, 0.29) is 0 Å². The van der Waals surface area contributed by atoms with Crippen molar-refractivity contribution in [2.45, 2.75) is 6.54 Å². The van der Waals surface area contributed by atoms with Crippen LogP contribution in [0, 0.1) is 0 Å². The molecule has 3 rings (SSSR count). The predicted molar refractivity (Wildman–Crippen MR) is 82.1 cm³/mol. The molecular formula is C17H16N2O. The molecule has 0 aliphatic carbocycles. The van der Waals surface area contributed by atoms with Crippen LogP contribution >= 0.6 is 0 Å². The van der Waals surface area contributed by atoms with E-state index in [1.165, 1.54) is 0 Å². The summed E-state index contributed by atoms with van der Waals surface area (Å²) in [6.07, 6.45) is 1.81. The van der Waals surface area contributed by atoms with Crippen molar-refractivity contribution in [2.24, 2.45) is 0 Å². The van der Waals surface area contributed by atoms with Gasteiger partial charge < -0.3 is 10.1 Å². The molecule has 0 fully saturated rings. The SMILES string of the molecule is COc1ccccc1CNc1cccc2ncccc12. The number of ether oxygens (including phenoxy) is 1. The fourth-order valence-electron chi connectivity index (χ4n) is 2.30. The molecule has 0 saturated heterocycles. The van der Waals surface area contributed by atoms with Crippen LogP contribution in [0.2, 0.25) is 0 Å². The summed E-state index contributed by atoms with van der Waals surface area (Å²) in [4.78, 5) is 4.37. The lowest BCUT2D eigenvalue weighted by atomic mass is 10.1. The van der Waals surface area contributed by atoms with Gasteiger partial charge in [0, 0.05) is 29.4 Å². The Balaban J connectivity index is 1.87. The Morgan fingerprint density at radius 1 is 1.00 bits per heavy atom. The Hall–Kier alpha value is -2.55. The molecule has 3 heteroatoms. The maximum absolute atomic E-state index is 5.37. The van der Waals surface area contributed by atoms with E-state index >= 15 is 0 Å². The molecule has 2 aromatic carbocycles. The van der Waals surface area contributed by atoms with Gasteiger partial charge in [-0.15, -0.1) is 0 Å². The molecule has 0 atom stereocenters. The molecule has 0 radical (unpaired) electrons. The Morgan fingerprint density at radius 3 is 2.80 bits per heavy atom. The quantitative estimate of drug-likeness (QED) is 0.777. The molecule has 1 aromatic heterocycles. The molecule has 0 unspecified atom stereocenters. The number of rotatable bonds is 4. The van der Waals surface area contributed by atoms with Crippen molar-refractivity contribution in [1.29, 1.82) is 0 Å². The average molecular weight is 264 g/mol. The average Bonchev–Trinajstić information content (AvgIpc) is 2.53. The first-order valence-electron chi connectivity index (χ1n) is 6.58. The summed E-state index contributed by atoms with van der Waals surface area (Å²) in [6, 6.07) is 18.2. The van der Waals surface area contributed by atoms with E-state index in [9.17, 15) is 0 Å². The maximum atomic E-state index is 5.37. The van der Waals surface area contributed by atoms with Crippen molar-refractivity contribution >= 4 is 16.6 Å². The highest BCUT2D eigenvalue weighted by Crippen LogP contribution is 2.24. The van der Waals surface area contributed by atoms with E-state index in [4.69, 9.17) is 4.74 Å². The van der Waals surface area contributed by atoms with Crippen molar-refractivity contribution in [3.8, 4) is 5.75 Å². The normalized spacial score (nSPS) is 10.4. The molecule has 20 heavy (non-hydrogen) atoms. The van der Waals surface area contributed by atoms with Crippen LogP contribution < -0.4 is 10.1 Å². The lowest BCUT2D eigenvalue weighted by Crippen LogP contribution is -2.02. The number of aromatic nitrogens is 1. The lowest BCUT2D eigenvalue weighted by molar-refractivity contribution is 0.410. The molecule has 3 aromatic rings. The molecule has 1 heterocycles. The number of methoxy groups -OCH3 is 1.